The first-order chi connectivity index (χ1) is 7.95. The minimum absolute atomic E-state index is 0.151. The van der Waals surface area contributed by atoms with Crippen LogP contribution in [0.3, 0.4) is 0 Å². The normalized spacial score (nSPS) is 25.8. The van der Waals surface area contributed by atoms with E-state index < -0.39 is 24.1 Å². The fraction of sp³-hybridized carbons (Fsp3) is 0.818. The van der Waals surface area contributed by atoms with Crippen molar-refractivity contribution in [1.82, 2.24) is 10.6 Å². The van der Waals surface area contributed by atoms with Gasteiger partial charge in [-0.25, -0.2) is 9.59 Å². The molecule has 0 spiro atoms. The molecule has 4 atom stereocenters. The van der Waals surface area contributed by atoms with Gasteiger partial charge >= 0.3 is 12.0 Å². The van der Waals surface area contributed by atoms with Crippen LogP contribution < -0.4 is 10.6 Å². The molecule has 0 saturated heterocycles. The molecule has 1 aliphatic rings. The van der Waals surface area contributed by atoms with E-state index in [-0.39, 0.29) is 6.04 Å². The monoisotopic (exact) mass is 244 g/mol. The fourth-order valence-corrected chi connectivity index (χ4v) is 1.85. The van der Waals surface area contributed by atoms with E-state index in [1.54, 1.807) is 0 Å². The molecule has 6 nitrogen and oxygen atoms in total. The quantitative estimate of drug-likeness (QED) is 0.540. The van der Waals surface area contributed by atoms with E-state index in [1.165, 1.54) is 6.92 Å². The van der Waals surface area contributed by atoms with Crippen molar-refractivity contribution in [1.29, 1.82) is 0 Å². The number of aliphatic hydroxyl groups is 1. The summed E-state index contributed by atoms with van der Waals surface area (Å²) in [4.78, 5) is 22.2. The van der Waals surface area contributed by atoms with Gasteiger partial charge in [0.15, 0.2) is 6.04 Å². The highest BCUT2D eigenvalue weighted by molar-refractivity contribution is 5.83. The molecule has 1 aliphatic carbocycles. The summed E-state index contributed by atoms with van der Waals surface area (Å²) in [6, 6.07) is -1.64. The summed E-state index contributed by atoms with van der Waals surface area (Å²) in [5.41, 5.74) is 0. The van der Waals surface area contributed by atoms with Gasteiger partial charge in [-0.1, -0.05) is 13.3 Å². The lowest BCUT2D eigenvalue weighted by Gasteiger charge is -2.17. The molecule has 0 aromatic carbocycles. The van der Waals surface area contributed by atoms with Gasteiger partial charge in [0.2, 0.25) is 0 Å². The molecule has 0 bridgehead atoms. The van der Waals surface area contributed by atoms with Gasteiger partial charge in [0.05, 0.1) is 6.10 Å². The maximum atomic E-state index is 11.5. The molecule has 0 aliphatic heterocycles. The zero-order valence-corrected chi connectivity index (χ0v) is 10.1. The maximum absolute atomic E-state index is 11.5. The molecular formula is C11H20N2O4. The molecule has 6 heteroatoms. The number of amides is 2. The van der Waals surface area contributed by atoms with Crippen molar-refractivity contribution in [3.05, 3.63) is 0 Å². The minimum Gasteiger partial charge on any atom is -0.480 e. The van der Waals surface area contributed by atoms with Gasteiger partial charge in [0, 0.05) is 6.04 Å². The van der Waals surface area contributed by atoms with Gasteiger partial charge < -0.3 is 20.8 Å². The SMILES string of the molecule is CCCC1CC1NC(=O)NC(C(=O)O)C(C)O. The molecule has 0 radical (unpaired) electrons. The van der Waals surface area contributed by atoms with E-state index in [4.69, 9.17) is 5.11 Å². The fourth-order valence-electron chi connectivity index (χ4n) is 1.85. The summed E-state index contributed by atoms with van der Waals surface area (Å²) in [7, 11) is 0. The molecule has 4 N–H and O–H groups in total. The molecular weight excluding hydrogens is 224 g/mol. The molecule has 17 heavy (non-hydrogen) atoms. The van der Waals surface area contributed by atoms with E-state index in [9.17, 15) is 14.7 Å². The third-order valence-corrected chi connectivity index (χ3v) is 2.93. The summed E-state index contributed by atoms with van der Waals surface area (Å²) in [6.45, 7) is 3.42. The number of carboxylic acids is 1. The number of nitrogens with one attached hydrogen (secondary N) is 2. The van der Waals surface area contributed by atoms with Crippen molar-refractivity contribution in [2.45, 2.75) is 51.3 Å². The Morgan fingerprint density at radius 1 is 1.47 bits per heavy atom. The van der Waals surface area contributed by atoms with Crippen LogP contribution in [0, 0.1) is 5.92 Å². The van der Waals surface area contributed by atoms with Crippen molar-refractivity contribution in [3.63, 3.8) is 0 Å². The topological polar surface area (TPSA) is 98.7 Å². The van der Waals surface area contributed by atoms with Crippen LogP contribution in [0.1, 0.15) is 33.1 Å². The predicted molar refractivity (Wildman–Crippen MR) is 61.6 cm³/mol. The van der Waals surface area contributed by atoms with Crippen LogP contribution >= 0.6 is 0 Å². The molecule has 4 unspecified atom stereocenters. The summed E-state index contributed by atoms with van der Waals surface area (Å²) in [5.74, 6) is -0.725. The van der Waals surface area contributed by atoms with Crippen molar-refractivity contribution >= 4 is 12.0 Å². The smallest absolute Gasteiger partial charge is 0.328 e. The van der Waals surface area contributed by atoms with Gasteiger partial charge in [0.1, 0.15) is 0 Å². The lowest BCUT2D eigenvalue weighted by atomic mass is 10.2. The van der Waals surface area contributed by atoms with Crippen molar-refractivity contribution in [2.24, 2.45) is 5.92 Å². The van der Waals surface area contributed by atoms with Crippen molar-refractivity contribution < 1.29 is 19.8 Å². The zero-order chi connectivity index (χ0) is 13.0. The number of carbonyl (C=O) groups excluding carboxylic acids is 1. The number of carbonyl (C=O) groups is 2. The largest absolute Gasteiger partial charge is 0.480 e. The first kappa shape index (κ1) is 13.8. The average molecular weight is 244 g/mol. The Morgan fingerprint density at radius 3 is 2.59 bits per heavy atom. The average Bonchev–Trinajstić information content (AvgIpc) is 2.92. The predicted octanol–water partition coefficient (Wildman–Crippen LogP) is 0.308. The highest BCUT2D eigenvalue weighted by Crippen LogP contribution is 2.34. The molecule has 0 aromatic rings. The van der Waals surface area contributed by atoms with E-state index in [0.29, 0.717) is 5.92 Å². The number of rotatable bonds is 6. The van der Waals surface area contributed by atoms with E-state index in [1.807, 2.05) is 0 Å². The molecule has 98 valence electrons. The summed E-state index contributed by atoms with van der Waals surface area (Å²) in [6.07, 6.45) is 1.98. The van der Waals surface area contributed by atoms with Gasteiger partial charge in [-0.3, -0.25) is 0 Å². The zero-order valence-electron chi connectivity index (χ0n) is 10.1. The molecule has 0 heterocycles. The highest BCUT2D eigenvalue weighted by atomic mass is 16.4. The lowest BCUT2D eigenvalue weighted by Crippen LogP contribution is -2.51. The first-order valence-electron chi connectivity index (χ1n) is 5.93. The number of aliphatic hydroxyl groups excluding tert-OH is 1. The summed E-state index contributed by atoms with van der Waals surface area (Å²) in [5, 5.41) is 22.9. The molecule has 0 aromatic heterocycles. The molecule has 1 fully saturated rings. The molecule has 1 rings (SSSR count). The van der Waals surface area contributed by atoms with Crippen LogP contribution in [-0.2, 0) is 4.79 Å². The second-order valence-corrected chi connectivity index (χ2v) is 4.57. The standard InChI is InChI=1S/C11H20N2O4/c1-3-4-7-5-8(7)12-11(17)13-9(6(2)14)10(15)16/h6-9,14H,3-5H2,1-2H3,(H,15,16)(H2,12,13,17). The third kappa shape index (κ3) is 4.22. The van der Waals surface area contributed by atoms with Gasteiger partial charge in [0.25, 0.3) is 0 Å². The van der Waals surface area contributed by atoms with Crippen molar-refractivity contribution in [2.75, 3.05) is 0 Å². The van der Waals surface area contributed by atoms with Gasteiger partial charge in [-0.05, 0) is 25.7 Å². The van der Waals surface area contributed by atoms with E-state index in [0.717, 1.165) is 19.3 Å². The first-order valence-corrected chi connectivity index (χ1v) is 5.93. The van der Waals surface area contributed by atoms with Crippen LogP contribution in [0.5, 0.6) is 0 Å². The van der Waals surface area contributed by atoms with E-state index in [2.05, 4.69) is 17.6 Å². The molecule has 1 saturated carbocycles. The second-order valence-electron chi connectivity index (χ2n) is 4.57. The Kier molecular flexibility index (Phi) is 4.74. The number of aliphatic carboxylic acids is 1. The number of hydrogen-bond donors (Lipinski definition) is 4. The Bertz CT molecular complexity index is 293. The van der Waals surface area contributed by atoms with Crippen LogP contribution in [0.2, 0.25) is 0 Å². The minimum atomic E-state index is -1.27. The van der Waals surface area contributed by atoms with Crippen LogP contribution in [0.15, 0.2) is 0 Å². The van der Waals surface area contributed by atoms with E-state index >= 15 is 0 Å². The summed E-state index contributed by atoms with van der Waals surface area (Å²) < 4.78 is 0. The second kappa shape index (κ2) is 5.86. The lowest BCUT2D eigenvalue weighted by molar-refractivity contribution is -0.141. The number of carboxylic acid groups (broad SMARTS) is 1. The van der Waals surface area contributed by atoms with Crippen molar-refractivity contribution in [3.8, 4) is 0 Å². The number of urea groups is 1. The number of hydrogen-bond acceptors (Lipinski definition) is 3. The maximum Gasteiger partial charge on any atom is 0.328 e. The summed E-state index contributed by atoms with van der Waals surface area (Å²) >= 11 is 0. The molecule has 2 amide bonds. The Morgan fingerprint density at radius 2 is 2.12 bits per heavy atom. The van der Waals surface area contributed by atoms with Crippen LogP contribution in [0.4, 0.5) is 4.79 Å². The van der Waals surface area contributed by atoms with Crippen LogP contribution in [-0.4, -0.2) is 40.4 Å². The third-order valence-electron chi connectivity index (χ3n) is 2.93. The Balaban J connectivity index is 2.32. The van der Waals surface area contributed by atoms with Crippen LogP contribution in [0.25, 0.3) is 0 Å². The highest BCUT2D eigenvalue weighted by Gasteiger charge is 2.37. The van der Waals surface area contributed by atoms with Gasteiger partial charge in [-0.2, -0.15) is 0 Å². The van der Waals surface area contributed by atoms with Gasteiger partial charge in [-0.15, -0.1) is 0 Å². The Hall–Kier alpha value is -1.30. The Labute approximate surface area is 100 Å².